The SMILES string of the molecule is COc1ccc(Cl)cc1-c1ccc(C(c2c(C)[nH][nH]c2=O)c2c(C)[nH][nH]c2=O)o1. The van der Waals surface area contributed by atoms with Crippen molar-refractivity contribution in [2.24, 2.45) is 0 Å². The van der Waals surface area contributed by atoms with Crippen molar-refractivity contribution in [2.45, 2.75) is 19.8 Å². The average molecular weight is 415 g/mol. The highest BCUT2D eigenvalue weighted by molar-refractivity contribution is 6.30. The van der Waals surface area contributed by atoms with E-state index in [1.807, 2.05) is 0 Å². The molecule has 0 radical (unpaired) electrons. The van der Waals surface area contributed by atoms with Gasteiger partial charge in [-0.3, -0.25) is 19.8 Å². The highest BCUT2D eigenvalue weighted by Gasteiger charge is 2.31. The maximum absolute atomic E-state index is 12.5. The summed E-state index contributed by atoms with van der Waals surface area (Å²) in [5.74, 6) is 0.860. The summed E-state index contributed by atoms with van der Waals surface area (Å²) in [6.07, 6.45) is 0. The van der Waals surface area contributed by atoms with Crippen LogP contribution in [0, 0.1) is 13.8 Å². The Hall–Kier alpha value is -3.39. The Morgan fingerprint density at radius 2 is 1.55 bits per heavy atom. The van der Waals surface area contributed by atoms with E-state index in [9.17, 15) is 9.59 Å². The fourth-order valence-corrected chi connectivity index (χ4v) is 3.73. The van der Waals surface area contributed by atoms with Crippen molar-refractivity contribution >= 4 is 11.6 Å². The van der Waals surface area contributed by atoms with Crippen molar-refractivity contribution in [3.8, 4) is 17.1 Å². The van der Waals surface area contributed by atoms with Gasteiger partial charge in [-0.15, -0.1) is 0 Å². The van der Waals surface area contributed by atoms with Crippen LogP contribution in [0.15, 0.2) is 44.3 Å². The Kier molecular flexibility index (Phi) is 4.71. The first-order chi connectivity index (χ1) is 13.9. The summed E-state index contributed by atoms with van der Waals surface area (Å²) in [6.45, 7) is 3.53. The molecule has 0 saturated heterocycles. The molecular weight excluding hydrogens is 396 g/mol. The molecule has 0 spiro atoms. The van der Waals surface area contributed by atoms with Gasteiger partial charge in [-0.2, -0.15) is 0 Å². The third kappa shape index (κ3) is 3.21. The Balaban J connectivity index is 1.92. The van der Waals surface area contributed by atoms with E-state index in [1.165, 1.54) is 0 Å². The lowest BCUT2D eigenvalue weighted by molar-refractivity contribution is 0.414. The lowest BCUT2D eigenvalue weighted by Gasteiger charge is -2.13. The number of benzene rings is 1. The van der Waals surface area contributed by atoms with Crippen molar-refractivity contribution in [1.29, 1.82) is 0 Å². The first kappa shape index (κ1) is 18.9. The molecule has 0 atom stereocenters. The van der Waals surface area contributed by atoms with Gasteiger partial charge >= 0.3 is 0 Å². The minimum Gasteiger partial charge on any atom is -0.496 e. The highest BCUT2D eigenvalue weighted by Crippen LogP contribution is 2.38. The van der Waals surface area contributed by atoms with Crippen LogP contribution in [-0.2, 0) is 0 Å². The lowest BCUT2D eigenvalue weighted by Crippen LogP contribution is -2.19. The number of hydrogen-bond acceptors (Lipinski definition) is 4. The molecular formula is C20H19ClN4O4. The second-order valence-electron chi connectivity index (χ2n) is 6.72. The van der Waals surface area contributed by atoms with Gasteiger partial charge in [0.05, 0.1) is 29.7 Å². The van der Waals surface area contributed by atoms with E-state index in [4.69, 9.17) is 20.8 Å². The molecule has 4 rings (SSSR count). The molecule has 0 aliphatic rings. The second kappa shape index (κ2) is 7.21. The highest BCUT2D eigenvalue weighted by atomic mass is 35.5. The van der Waals surface area contributed by atoms with Crippen LogP contribution < -0.4 is 15.9 Å². The Morgan fingerprint density at radius 3 is 2.07 bits per heavy atom. The standard InChI is InChI=1S/C20H19ClN4O4/c1-9-16(19(26)24-22-9)18(17-10(2)23-25-20(17)27)15-7-6-14(29-15)12-8-11(21)4-5-13(12)28-3/h4-8,18H,1-3H3,(H2,22,24,26)(H2,23,25,27). The van der Waals surface area contributed by atoms with E-state index in [0.717, 1.165) is 0 Å². The molecule has 0 saturated carbocycles. The molecule has 0 unspecified atom stereocenters. The first-order valence-electron chi connectivity index (χ1n) is 8.88. The molecule has 0 fully saturated rings. The van der Waals surface area contributed by atoms with Crippen LogP contribution in [0.4, 0.5) is 0 Å². The number of H-pyrrole nitrogens is 4. The lowest BCUT2D eigenvalue weighted by atomic mass is 9.89. The zero-order valence-electron chi connectivity index (χ0n) is 16.0. The molecule has 150 valence electrons. The molecule has 8 nitrogen and oxygen atoms in total. The number of nitrogens with one attached hydrogen (secondary N) is 4. The van der Waals surface area contributed by atoms with Crippen LogP contribution in [-0.4, -0.2) is 27.5 Å². The van der Waals surface area contributed by atoms with E-state index in [2.05, 4.69) is 20.4 Å². The summed E-state index contributed by atoms with van der Waals surface area (Å²) < 4.78 is 11.5. The number of halogens is 1. The van der Waals surface area contributed by atoms with E-state index in [1.54, 1.807) is 51.3 Å². The van der Waals surface area contributed by atoms with Crippen molar-refractivity contribution in [2.75, 3.05) is 7.11 Å². The summed E-state index contributed by atoms with van der Waals surface area (Å²) >= 11 is 6.14. The maximum Gasteiger partial charge on any atom is 0.268 e. The van der Waals surface area contributed by atoms with E-state index in [0.29, 0.717) is 50.4 Å². The second-order valence-corrected chi connectivity index (χ2v) is 7.15. The van der Waals surface area contributed by atoms with Crippen LogP contribution in [0.1, 0.15) is 34.2 Å². The molecule has 4 N–H and O–H groups in total. The summed E-state index contributed by atoms with van der Waals surface area (Å²) in [4.78, 5) is 25.0. The van der Waals surface area contributed by atoms with E-state index < -0.39 is 5.92 Å². The number of hydrogen-bond donors (Lipinski definition) is 4. The fraction of sp³-hybridized carbons (Fsp3) is 0.200. The van der Waals surface area contributed by atoms with Crippen LogP contribution in [0.25, 0.3) is 11.3 Å². The summed E-state index contributed by atoms with van der Waals surface area (Å²) in [5.41, 5.74) is 2.12. The molecule has 0 bridgehead atoms. The maximum atomic E-state index is 12.5. The molecule has 29 heavy (non-hydrogen) atoms. The Bertz CT molecular complexity index is 1240. The van der Waals surface area contributed by atoms with Gasteiger partial charge in [0, 0.05) is 16.4 Å². The summed E-state index contributed by atoms with van der Waals surface area (Å²) in [7, 11) is 1.56. The predicted octanol–water partition coefficient (Wildman–Crippen LogP) is 3.44. The number of furan rings is 1. The monoisotopic (exact) mass is 414 g/mol. The number of aryl methyl sites for hydroxylation is 2. The predicted molar refractivity (Wildman–Crippen MR) is 109 cm³/mol. The fourth-order valence-electron chi connectivity index (χ4n) is 3.56. The minimum absolute atomic E-state index is 0.314. The number of aromatic amines is 4. The molecule has 0 aliphatic carbocycles. The van der Waals surface area contributed by atoms with Crippen molar-refractivity contribution in [1.82, 2.24) is 20.4 Å². The Labute approximate surface area is 169 Å². The van der Waals surface area contributed by atoms with Crippen LogP contribution >= 0.6 is 11.6 Å². The molecule has 3 heterocycles. The molecule has 4 aromatic rings. The number of rotatable bonds is 5. The normalized spacial score (nSPS) is 11.3. The quantitative estimate of drug-likeness (QED) is 0.400. The molecule has 1 aromatic carbocycles. The summed E-state index contributed by atoms with van der Waals surface area (Å²) in [5, 5.41) is 11.3. The molecule has 0 aliphatic heterocycles. The van der Waals surface area contributed by atoms with E-state index in [-0.39, 0.29) is 11.1 Å². The third-order valence-corrected chi connectivity index (χ3v) is 5.18. The zero-order chi connectivity index (χ0) is 20.7. The van der Waals surface area contributed by atoms with Gasteiger partial charge in [-0.05, 0) is 44.2 Å². The third-order valence-electron chi connectivity index (χ3n) is 4.94. The number of methoxy groups -OCH3 is 1. The van der Waals surface area contributed by atoms with Crippen LogP contribution in [0.3, 0.4) is 0 Å². The van der Waals surface area contributed by atoms with Gasteiger partial charge in [0.25, 0.3) is 11.1 Å². The van der Waals surface area contributed by atoms with Crippen LogP contribution in [0.2, 0.25) is 5.02 Å². The van der Waals surface area contributed by atoms with Gasteiger partial charge in [-0.25, -0.2) is 0 Å². The van der Waals surface area contributed by atoms with E-state index >= 15 is 0 Å². The molecule has 3 aromatic heterocycles. The first-order valence-corrected chi connectivity index (χ1v) is 9.26. The van der Waals surface area contributed by atoms with Gasteiger partial charge < -0.3 is 19.4 Å². The van der Waals surface area contributed by atoms with Crippen molar-refractivity contribution in [3.63, 3.8) is 0 Å². The van der Waals surface area contributed by atoms with Gasteiger partial charge in [0.15, 0.2) is 0 Å². The van der Waals surface area contributed by atoms with Gasteiger partial charge in [0.1, 0.15) is 17.3 Å². The van der Waals surface area contributed by atoms with Crippen LogP contribution in [0.5, 0.6) is 5.75 Å². The molecule has 0 amide bonds. The van der Waals surface area contributed by atoms with Crippen molar-refractivity contribution in [3.05, 3.63) is 84.3 Å². The largest absolute Gasteiger partial charge is 0.496 e. The molecule has 9 heteroatoms. The average Bonchev–Trinajstić information content (AvgIpc) is 3.39. The Morgan fingerprint density at radius 1 is 0.931 bits per heavy atom. The van der Waals surface area contributed by atoms with Gasteiger partial charge in [-0.1, -0.05) is 11.6 Å². The van der Waals surface area contributed by atoms with Gasteiger partial charge in [0.2, 0.25) is 0 Å². The topological polar surface area (TPSA) is 120 Å². The minimum atomic E-state index is -0.695. The summed E-state index contributed by atoms with van der Waals surface area (Å²) in [6, 6.07) is 8.73. The smallest absolute Gasteiger partial charge is 0.268 e. The number of aromatic nitrogens is 4. The zero-order valence-corrected chi connectivity index (χ0v) is 16.7. The number of ether oxygens (including phenoxy) is 1. The van der Waals surface area contributed by atoms with Crippen molar-refractivity contribution < 1.29 is 9.15 Å².